The van der Waals surface area contributed by atoms with Crippen molar-refractivity contribution < 1.29 is 4.74 Å². The average molecular weight is 546 g/mol. The summed E-state index contributed by atoms with van der Waals surface area (Å²) in [4.78, 5) is 2.25. The van der Waals surface area contributed by atoms with Crippen LogP contribution in [0.4, 0.5) is 17.1 Å². The van der Waals surface area contributed by atoms with Crippen LogP contribution in [-0.2, 0) is 12.8 Å². The topological polar surface area (TPSA) is 12.5 Å². The van der Waals surface area contributed by atoms with Crippen LogP contribution in [0.1, 0.15) is 29.0 Å². The number of hydrogen-bond donors (Lipinski definition) is 0. The van der Waals surface area contributed by atoms with Gasteiger partial charge in [0.2, 0.25) is 0 Å². The van der Waals surface area contributed by atoms with E-state index in [-0.39, 0.29) is 0 Å². The molecule has 6 aromatic rings. The van der Waals surface area contributed by atoms with Crippen LogP contribution < -0.4 is 9.64 Å². The number of hydrogen-bond acceptors (Lipinski definition) is 2. The lowest BCUT2D eigenvalue weighted by molar-refractivity contribution is 0.482. The molecule has 1 unspecified atom stereocenters. The van der Waals surface area contributed by atoms with Crippen molar-refractivity contribution in [3.05, 3.63) is 187 Å². The average Bonchev–Trinajstić information content (AvgIpc) is 3.06. The van der Waals surface area contributed by atoms with Crippen LogP contribution in [0.15, 0.2) is 170 Å². The van der Waals surface area contributed by atoms with Crippen molar-refractivity contribution in [3.8, 4) is 11.5 Å². The molecule has 206 valence electrons. The zero-order valence-electron chi connectivity index (χ0n) is 23.7. The SMILES string of the molecule is c1ccc(CC(CCc2ccc(Oc3ccc(N(c4ccccc4)c4ccccc4)cc3)cc2)c2ccccc2)cc1. The predicted octanol–water partition coefficient (Wildman–Crippen LogP) is 10.9. The molecule has 0 saturated carbocycles. The molecule has 0 saturated heterocycles. The lowest BCUT2D eigenvalue weighted by Crippen LogP contribution is -2.09. The Balaban J connectivity index is 1.11. The first-order chi connectivity index (χ1) is 20.8. The van der Waals surface area contributed by atoms with E-state index in [0.29, 0.717) is 5.92 Å². The Morgan fingerprint density at radius 2 is 0.881 bits per heavy atom. The van der Waals surface area contributed by atoms with Crippen LogP contribution in [0, 0.1) is 0 Å². The monoisotopic (exact) mass is 545 g/mol. The van der Waals surface area contributed by atoms with Gasteiger partial charge in [-0.3, -0.25) is 0 Å². The summed E-state index contributed by atoms with van der Waals surface area (Å²) in [6.45, 7) is 0. The molecule has 0 aliphatic heterocycles. The Morgan fingerprint density at radius 1 is 0.429 bits per heavy atom. The van der Waals surface area contributed by atoms with Gasteiger partial charge < -0.3 is 9.64 Å². The van der Waals surface area contributed by atoms with E-state index < -0.39 is 0 Å². The minimum absolute atomic E-state index is 0.481. The molecule has 0 N–H and O–H groups in total. The number of ether oxygens (including phenoxy) is 1. The summed E-state index contributed by atoms with van der Waals surface area (Å²) in [5, 5.41) is 0. The Morgan fingerprint density at radius 3 is 1.43 bits per heavy atom. The number of rotatable bonds is 11. The first-order valence-corrected chi connectivity index (χ1v) is 14.7. The summed E-state index contributed by atoms with van der Waals surface area (Å²) in [5.41, 5.74) is 7.43. The fraction of sp³-hybridized carbons (Fsp3) is 0.100. The molecule has 0 heterocycles. The van der Waals surface area contributed by atoms with Crippen molar-refractivity contribution >= 4 is 17.1 Å². The number of benzene rings is 6. The Labute approximate surface area is 249 Å². The molecular formula is C40H35NO. The summed E-state index contributed by atoms with van der Waals surface area (Å²) >= 11 is 0. The minimum Gasteiger partial charge on any atom is -0.457 e. The molecule has 6 aromatic carbocycles. The molecule has 0 aliphatic carbocycles. The molecule has 0 fully saturated rings. The third-order valence-corrected chi connectivity index (χ3v) is 7.66. The van der Waals surface area contributed by atoms with Crippen LogP contribution in [0.5, 0.6) is 11.5 Å². The third-order valence-electron chi connectivity index (χ3n) is 7.66. The van der Waals surface area contributed by atoms with Crippen molar-refractivity contribution in [3.63, 3.8) is 0 Å². The van der Waals surface area contributed by atoms with Crippen molar-refractivity contribution in [2.24, 2.45) is 0 Å². The highest BCUT2D eigenvalue weighted by molar-refractivity contribution is 5.76. The molecule has 42 heavy (non-hydrogen) atoms. The van der Waals surface area contributed by atoms with Gasteiger partial charge in [-0.1, -0.05) is 109 Å². The van der Waals surface area contributed by atoms with Gasteiger partial charge in [-0.25, -0.2) is 0 Å². The van der Waals surface area contributed by atoms with E-state index in [1.165, 1.54) is 16.7 Å². The number of nitrogens with zero attached hydrogens (tertiary/aromatic N) is 1. The Bertz CT molecular complexity index is 1590. The smallest absolute Gasteiger partial charge is 0.127 e. The van der Waals surface area contributed by atoms with E-state index in [4.69, 9.17) is 4.74 Å². The lowest BCUT2D eigenvalue weighted by atomic mass is 9.87. The van der Waals surface area contributed by atoms with E-state index in [1.807, 2.05) is 24.3 Å². The molecular weight excluding hydrogens is 510 g/mol. The van der Waals surface area contributed by atoms with Gasteiger partial charge in [-0.2, -0.15) is 0 Å². The molecule has 0 spiro atoms. The second kappa shape index (κ2) is 13.5. The maximum atomic E-state index is 6.23. The van der Waals surface area contributed by atoms with E-state index in [2.05, 4.69) is 150 Å². The van der Waals surface area contributed by atoms with Crippen molar-refractivity contribution in [2.75, 3.05) is 4.90 Å². The zero-order chi connectivity index (χ0) is 28.4. The third kappa shape index (κ3) is 6.97. The number of para-hydroxylation sites is 2. The fourth-order valence-electron chi connectivity index (χ4n) is 5.48. The lowest BCUT2D eigenvalue weighted by Gasteiger charge is -2.25. The maximum Gasteiger partial charge on any atom is 0.127 e. The second-order valence-electron chi connectivity index (χ2n) is 10.6. The Hall–Kier alpha value is -5.08. The maximum absolute atomic E-state index is 6.23. The molecule has 0 radical (unpaired) electrons. The zero-order valence-corrected chi connectivity index (χ0v) is 23.7. The number of aryl methyl sites for hydroxylation is 1. The van der Waals surface area contributed by atoms with E-state index >= 15 is 0 Å². The molecule has 2 nitrogen and oxygen atoms in total. The highest BCUT2D eigenvalue weighted by Crippen LogP contribution is 2.35. The van der Waals surface area contributed by atoms with Crippen LogP contribution in [0.2, 0.25) is 0 Å². The molecule has 0 amide bonds. The van der Waals surface area contributed by atoms with Gasteiger partial charge in [0.1, 0.15) is 11.5 Å². The van der Waals surface area contributed by atoms with Crippen molar-refractivity contribution in [1.29, 1.82) is 0 Å². The highest BCUT2D eigenvalue weighted by Gasteiger charge is 2.14. The summed E-state index contributed by atoms with van der Waals surface area (Å²) in [6, 6.07) is 59.4. The molecule has 0 aliphatic rings. The molecule has 0 bridgehead atoms. The van der Waals surface area contributed by atoms with E-state index in [0.717, 1.165) is 47.8 Å². The second-order valence-corrected chi connectivity index (χ2v) is 10.6. The van der Waals surface area contributed by atoms with E-state index in [1.54, 1.807) is 0 Å². The van der Waals surface area contributed by atoms with Crippen LogP contribution in [0.3, 0.4) is 0 Å². The molecule has 2 heteroatoms. The van der Waals surface area contributed by atoms with Gasteiger partial charge in [0.15, 0.2) is 0 Å². The van der Waals surface area contributed by atoms with Crippen LogP contribution in [0.25, 0.3) is 0 Å². The van der Waals surface area contributed by atoms with Gasteiger partial charge in [0.25, 0.3) is 0 Å². The summed E-state index contributed by atoms with van der Waals surface area (Å²) in [7, 11) is 0. The van der Waals surface area contributed by atoms with Gasteiger partial charge in [-0.15, -0.1) is 0 Å². The summed E-state index contributed by atoms with van der Waals surface area (Å²) in [5.74, 6) is 2.15. The quantitative estimate of drug-likeness (QED) is 0.161. The van der Waals surface area contributed by atoms with E-state index in [9.17, 15) is 0 Å². The standard InChI is InChI=1S/C40H35NO/c1-5-13-33(14-6-1)31-35(34-15-7-2-8-16-34)24-21-32-22-27-39(28-23-32)42-40-29-25-38(26-30-40)41(36-17-9-3-10-18-36)37-19-11-4-12-20-37/h1-20,22-23,25-30,35H,21,24,31H2. The molecule has 1 atom stereocenters. The predicted molar refractivity (Wildman–Crippen MR) is 175 cm³/mol. The van der Waals surface area contributed by atoms with Crippen LogP contribution in [-0.4, -0.2) is 0 Å². The summed E-state index contributed by atoms with van der Waals surface area (Å²) < 4.78 is 6.23. The first kappa shape index (κ1) is 27.1. The first-order valence-electron chi connectivity index (χ1n) is 14.7. The minimum atomic E-state index is 0.481. The largest absolute Gasteiger partial charge is 0.457 e. The van der Waals surface area contributed by atoms with Gasteiger partial charge >= 0.3 is 0 Å². The molecule has 0 aromatic heterocycles. The van der Waals surface area contributed by atoms with Crippen molar-refractivity contribution in [2.45, 2.75) is 25.2 Å². The molecule has 6 rings (SSSR count). The van der Waals surface area contributed by atoms with Gasteiger partial charge in [0.05, 0.1) is 0 Å². The number of anilines is 3. The fourth-order valence-corrected chi connectivity index (χ4v) is 5.48. The summed E-state index contributed by atoms with van der Waals surface area (Å²) in [6.07, 6.45) is 3.17. The van der Waals surface area contributed by atoms with Crippen LogP contribution >= 0.6 is 0 Å². The normalized spacial score (nSPS) is 11.5. The highest BCUT2D eigenvalue weighted by atomic mass is 16.5. The van der Waals surface area contributed by atoms with Crippen molar-refractivity contribution in [1.82, 2.24) is 0 Å². The Kier molecular flexibility index (Phi) is 8.73. The van der Waals surface area contributed by atoms with Gasteiger partial charge in [-0.05, 0) is 103 Å². The van der Waals surface area contributed by atoms with Gasteiger partial charge in [0, 0.05) is 17.1 Å².